The van der Waals surface area contributed by atoms with E-state index in [-0.39, 0.29) is 10.8 Å². The fraction of sp³-hybridized carbons (Fsp3) is 0.412. The van der Waals surface area contributed by atoms with Crippen LogP contribution in [0.4, 0.5) is 5.82 Å². The van der Waals surface area contributed by atoms with Gasteiger partial charge in [-0.2, -0.15) is 0 Å². The molecule has 0 unspecified atom stereocenters. The number of benzene rings is 1. The molecule has 1 aromatic carbocycles. The van der Waals surface area contributed by atoms with Crippen LogP contribution in [0.3, 0.4) is 0 Å². The van der Waals surface area contributed by atoms with Crippen LogP contribution in [0.15, 0.2) is 36.4 Å². The Kier molecular flexibility index (Phi) is 3.85. The van der Waals surface area contributed by atoms with Gasteiger partial charge >= 0.3 is 0 Å². The van der Waals surface area contributed by atoms with Crippen LogP contribution in [0.1, 0.15) is 33.1 Å². The van der Waals surface area contributed by atoms with Crippen molar-refractivity contribution in [3.63, 3.8) is 0 Å². The number of rotatable bonds is 4. The number of aromatic nitrogens is 2. The number of nitrogens with zero attached hydrogens (tertiary/aromatic N) is 2. The number of hydrogen-bond donors (Lipinski definition) is 1. The molecule has 110 valence electrons. The van der Waals surface area contributed by atoms with Crippen LogP contribution in [0.5, 0.6) is 0 Å². The monoisotopic (exact) mass is 301 g/mol. The molecule has 1 heterocycles. The molecule has 0 amide bonds. The summed E-state index contributed by atoms with van der Waals surface area (Å²) < 4.78 is 0. The van der Waals surface area contributed by atoms with Crippen molar-refractivity contribution in [1.29, 1.82) is 0 Å². The van der Waals surface area contributed by atoms with Crippen LogP contribution < -0.4 is 5.32 Å². The predicted molar refractivity (Wildman–Crippen MR) is 87.5 cm³/mol. The fourth-order valence-corrected chi connectivity index (χ4v) is 2.98. The van der Waals surface area contributed by atoms with Gasteiger partial charge in [-0.05, 0) is 44.2 Å². The van der Waals surface area contributed by atoms with Gasteiger partial charge in [0.25, 0.3) is 0 Å². The second kappa shape index (κ2) is 5.64. The van der Waals surface area contributed by atoms with Gasteiger partial charge in [0.15, 0.2) is 0 Å². The highest BCUT2D eigenvalue weighted by molar-refractivity contribution is 6.28. The lowest BCUT2D eigenvalue weighted by molar-refractivity contribution is 0.215. The zero-order valence-corrected chi connectivity index (χ0v) is 13.2. The minimum absolute atomic E-state index is 0.0316. The normalized spacial score (nSPS) is 15.6. The van der Waals surface area contributed by atoms with E-state index in [4.69, 9.17) is 11.6 Å². The molecule has 1 aromatic heterocycles. The van der Waals surface area contributed by atoms with Gasteiger partial charge in [0, 0.05) is 17.2 Å². The lowest BCUT2D eigenvalue weighted by Crippen LogP contribution is -2.43. The van der Waals surface area contributed by atoms with Crippen LogP contribution in [-0.4, -0.2) is 15.5 Å². The van der Waals surface area contributed by atoms with Crippen molar-refractivity contribution in [2.75, 3.05) is 5.32 Å². The fourth-order valence-electron chi connectivity index (χ4n) is 2.80. The molecular weight excluding hydrogens is 282 g/mol. The molecule has 3 nitrogen and oxygen atoms in total. The molecule has 1 aliphatic carbocycles. The van der Waals surface area contributed by atoms with Gasteiger partial charge in [-0.3, -0.25) is 0 Å². The molecule has 0 spiro atoms. The summed E-state index contributed by atoms with van der Waals surface area (Å²) >= 11 is 6.09. The molecule has 3 rings (SSSR count). The molecule has 4 heteroatoms. The topological polar surface area (TPSA) is 37.8 Å². The Morgan fingerprint density at radius 3 is 2.48 bits per heavy atom. The average molecular weight is 302 g/mol. The Labute approximate surface area is 130 Å². The van der Waals surface area contributed by atoms with Gasteiger partial charge in [0.2, 0.25) is 5.28 Å². The van der Waals surface area contributed by atoms with E-state index in [2.05, 4.69) is 29.1 Å². The molecule has 0 saturated heterocycles. The molecule has 1 fully saturated rings. The Hall–Kier alpha value is -1.61. The summed E-state index contributed by atoms with van der Waals surface area (Å²) in [5, 5.41) is 3.82. The Morgan fingerprint density at radius 2 is 1.86 bits per heavy atom. The first-order valence-corrected chi connectivity index (χ1v) is 7.80. The Bertz CT molecular complexity index is 621. The number of halogens is 1. The maximum absolute atomic E-state index is 6.09. The van der Waals surface area contributed by atoms with Crippen LogP contribution in [-0.2, 0) is 0 Å². The summed E-state index contributed by atoms with van der Waals surface area (Å²) in [4.78, 5) is 8.66. The Balaban J connectivity index is 1.88. The lowest BCUT2D eigenvalue weighted by atomic mass is 9.72. The van der Waals surface area contributed by atoms with Gasteiger partial charge in [-0.15, -0.1) is 0 Å². The first-order chi connectivity index (χ1) is 10.0. The van der Waals surface area contributed by atoms with Crippen molar-refractivity contribution in [2.45, 2.75) is 38.6 Å². The molecular formula is C17H20ClN3. The van der Waals surface area contributed by atoms with Crippen molar-refractivity contribution in [3.8, 4) is 11.3 Å². The van der Waals surface area contributed by atoms with Gasteiger partial charge in [-0.1, -0.05) is 36.8 Å². The van der Waals surface area contributed by atoms with E-state index in [0.717, 1.165) is 17.1 Å². The standard InChI is InChI=1S/C17H20ClN3/c1-17(2,13-9-6-10-13)21-15-11-14(19-16(18)20-15)12-7-4-3-5-8-12/h3-5,7-8,11,13H,6,9-10H2,1-2H3,(H,19,20,21). The van der Waals surface area contributed by atoms with E-state index in [9.17, 15) is 0 Å². The summed E-state index contributed by atoms with van der Waals surface area (Å²) in [5.41, 5.74) is 1.93. The van der Waals surface area contributed by atoms with Crippen molar-refractivity contribution < 1.29 is 0 Å². The smallest absolute Gasteiger partial charge is 0.224 e. The lowest BCUT2D eigenvalue weighted by Gasteiger charge is -2.41. The van der Waals surface area contributed by atoms with E-state index < -0.39 is 0 Å². The summed E-state index contributed by atoms with van der Waals surface area (Å²) in [6.07, 6.45) is 3.89. The minimum Gasteiger partial charge on any atom is -0.365 e. The SMILES string of the molecule is CC(C)(Nc1cc(-c2ccccc2)nc(Cl)n1)C1CCC1. The maximum atomic E-state index is 6.09. The molecule has 0 radical (unpaired) electrons. The van der Waals surface area contributed by atoms with Gasteiger partial charge in [0.1, 0.15) is 5.82 Å². The highest BCUT2D eigenvalue weighted by Gasteiger charge is 2.34. The van der Waals surface area contributed by atoms with Gasteiger partial charge < -0.3 is 5.32 Å². The van der Waals surface area contributed by atoms with Gasteiger partial charge in [0.05, 0.1) is 5.69 Å². The molecule has 0 aliphatic heterocycles. The highest BCUT2D eigenvalue weighted by atomic mass is 35.5. The third kappa shape index (κ3) is 3.18. The molecule has 0 atom stereocenters. The second-order valence-electron chi connectivity index (χ2n) is 6.25. The minimum atomic E-state index is 0.0316. The van der Waals surface area contributed by atoms with E-state index in [1.807, 2.05) is 36.4 Å². The molecule has 0 bridgehead atoms. The molecule has 1 aliphatic rings. The summed E-state index contributed by atoms with van der Waals surface area (Å²) in [7, 11) is 0. The van der Waals surface area contributed by atoms with E-state index in [1.54, 1.807) is 0 Å². The molecule has 2 aromatic rings. The van der Waals surface area contributed by atoms with Crippen molar-refractivity contribution in [3.05, 3.63) is 41.7 Å². The van der Waals surface area contributed by atoms with Crippen LogP contribution >= 0.6 is 11.6 Å². The van der Waals surface area contributed by atoms with E-state index >= 15 is 0 Å². The van der Waals surface area contributed by atoms with Gasteiger partial charge in [-0.25, -0.2) is 9.97 Å². The predicted octanol–water partition coefficient (Wildman–Crippen LogP) is 4.79. The van der Waals surface area contributed by atoms with E-state index in [1.165, 1.54) is 19.3 Å². The Morgan fingerprint density at radius 1 is 1.14 bits per heavy atom. The third-order valence-corrected chi connectivity index (χ3v) is 4.51. The number of anilines is 1. The summed E-state index contributed by atoms with van der Waals surface area (Å²) in [5.74, 6) is 1.50. The first kappa shape index (κ1) is 14.3. The maximum Gasteiger partial charge on any atom is 0.224 e. The highest BCUT2D eigenvalue weighted by Crippen LogP contribution is 2.38. The number of nitrogens with one attached hydrogen (secondary N) is 1. The van der Waals surface area contributed by atoms with Crippen molar-refractivity contribution >= 4 is 17.4 Å². The summed E-state index contributed by atoms with van der Waals surface area (Å²) in [6, 6.07) is 12.0. The molecule has 1 N–H and O–H groups in total. The largest absolute Gasteiger partial charge is 0.365 e. The van der Waals surface area contributed by atoms with Crippen LogP contribution in [0, 0.1) is 5.92 Å². The third-order valence-electron chi connectivity index (χ3n) is 4.34. The second-order valence-corrected chi connectivity index (χ2v) is 6.59. The number of hydrogen-bond acceptors (Lipinski definition) is 3. The molecule has 1 saturated carbocycles. The summed E-state index contributed by atoms with van der Waals surface area (Å²) in [6.45, 7) is 4.46. The zero-order valence-electron chi connectivity index (χ0n) is 12.4. The van der Waals surface area contributed by atoms with Crippen molar-refractivity contribution in [1.82, 2.24) is 9.97 Å². The average Bonchev–Trinajstić information content (AvgIpc) is 2.35. The zero-order chi connectivity index (χ0) is 14.9. The molecule has 21 heavy (non-hydrogen) atoms. The van der Waals surface area contributed by atoms with E-state index in [0.29, 0.717) is 5.92 Å². The first-order valence-electron chi connectivity index (χ1n) is 7.43. The van der Waals surface area contributed by atoms with Crippen molar-refractivity contribution in [2.24, 2.45) is 5.92 Å². The van der Waals surface area contributed by atoms with Crippen LogP contribution in [0.2, 0.25) is 5.28 Å². The quantitative estimate of drug-likeness (QED) is 0.825. The van der Waals surface area contributed by atoms with Crippen LogP contribution in [0.25, 0.3) is 11.3 Å².